The lowest BCUT2D eigenvalue weighted by atomic mass is 9.72. The lowest BCUT2D eigenvalue weighted by Crippen LogP contribution is -2.35. The van der Waals surface area contributed by atoms with Crippen molar-refractivity contribution in [2.24, 2.45) is 17.8 Å². The van der Waals surface area contributed by atoms with Gasteiger partial charge in [-0.1, -0.05) is 155 Å². The van der Waals surface area contributed by atoms with Crippen molar-refractivity contribution in [2.45, 2.75) is 117 Å². The Morgan fingerprint density at radius 3 is 1.78 bits per heavy atom. The van der Waals surface area contributed by atoms with E-state index in [4.69, 9.17) is 4.74 Å². The minimum atomic E-state index is -2.20. The number of rotatable bonds is 6. The summed E-state index contributed by atoms with van der Waals surface area (Å²) in [6, 6.07) is 31.4. The molecule has 0 spiro atoms. The van der Waals surface area contributed by atoms with E-state index in [-0.39, 0.29) is 21.9 Å². The van der Waals surface area contributed by atoms with E-state index in [1.165, 1.54) is 44.6 Å². The quantitative estimate of drug-likeness (QED) is 0.188. The highest BCUT2D eigenvalue weighted by molar-refractivity contribution is 7.80. The van der Waals surface area contributed by atoms with E-state index in [2.05, 4.69) is 161 Å². The number of fused-ring (bicyclic) bond motifs is 2. The third-order valence-corrected chi connectivity index (χ3v) is 16.0. The average molecular weight is 693 g/mol. The first kappa shape index (κ1) is 36.1. The fraction of sp³-hybridized carbons (Fsp3) is 0.467. The summed E-state index contributed by atoms with van der Waals surface area (Å²) in [5.41, 5.74) is 4.65. The summed E-state index contributed by atoms with van der Waals surface area (Å²) in [5, 5.41) is 4.81. The molecule has 1 aliphatic carbocycles. The molecule has 0 aromatic heterocycles. The second-order valence-corrected chi connectivity index (χ2v) is 22.0. The van der Waals surface area contributed by atoms with Crippen molar-refractivity contribution in [1.29, 1.82) is 0 Å². The van der Waals surface area contributed by atoms with Gasteiger partial charge in [0.05, 0.1) is 5.30 Å². The minimum Gasteiger partial charge on any atom is -0.455 e. The van der Waals surface area contributed by atoms with E-state index in [9.17, 15) is 0 Å². The third kappa shape index (κ3) is 7.00. The normalized spacial score (nSPS) is 21.2. The van der Waals surface area contributed by atoms with Gasteiger partial charge in [0.25, 0.3) is 0 Å². The van der Waals surface area contributed by atoms with Crippen LogP contribution in [0.2, 0.25) is 0 Å². The van der Waals surface area contributed by atoms with Crippen molar-refractivity contribution < 1.29 is 9.30 Å². The Morgan fingerprint density at radius 2 is 1.27 bits per heavy atom. The molecule has 1 saturated carbocycles. The first-order valence-corrected chi connectivity index (χ1v) is 21.3. The molecule has 4 atom stereocenters. The van der Waals surface area contributed by atoms with Gasteiger partial charge in [0, 0.05) is 27.5 Å². The predicted molar refractivity (Wildman–Crippen MR) is 215 cm³/mol. The Bertz CT molecular complexity index is 1790. The first-order chi connectivity index (χ1) is 23.0. The molecule has 6 rings (SSSR count). The van der Waals surface area contributed by atoms with Crippen molar-refractivity contribution in [3.63, 3.8) is 0 Å². The van der Waals surface area contributed by atoms with Gasteiger partial charge in [-0.25, -0.2) is 0 Å². The van der Waals surface area contributed by atoms with E-state index >= 15 is 4.57 Å². The number of ether oxygens (including phenoxy) is 1. The fourth-order valence-corrected chi connectivity index (χ4v) is 13.2. The predicted octanol–water partition coefficient (Wildman–Crippen LogP) is 11.1. The summed E-state index contributed by atoms with van der Waals surface area (Å²) < 4.78 is 22.7. The van der Waals surface area contributed by atoms with Gasteiger partial charge in [-0.15, -0.1) is 0 Å². The highest BCUT2D eigenvalue weighted by atomic mass is 31.1. The van der Waals surface area contributed by atoms with Gasteiger partial charge in [0.2, 0.25) is 0 Å². The van der Waals surface area contributed by atoms with Crippen LogP contribution in [0.1, 0.15) is 118 Å². The average Bonchev–Trinajstić information content (AvgIpc) is 3.04. The zero-order valence-electron chi connectivity index (χ0n) is 31.8. The van der Waals surface area contributed by atoms with Crippen LogP contribution in [0, 0.1) is 17.8 Å². The topological polar surface area (TPSA) is 26.3 Å². The Hall–Kier alpha value is -2.66. The molecule has 4 aromatic rings. The van der Waals surface area contributed by atoms with Crippen molar-refractivity contribution in [3.05, 3.63) is 107 Å². The Morgan fingerprint density at radius 1 is 0.755 bits per heavy atom. The smallest absolute Gasteiger partial charge is 0.142 e. The summed E-state index contributed by atoms with van der Waals surface area (Å²) >= 11 is 0. The van der Waals surface area contributed by atoms with Gasteiger partial charge >= 0.3 is 0 Å². The van der Waals surface area contributed by atoms with Crippen molar-refractivity contribution >= 4 is 36.9 Å². The number of benzene rings is 4. The Labute approximate surface area is 299 Å². The van der Waals surface area contributed by atoms with Crippen LogP contribution in [-0.4, -0.2) is 5.66 Å². The molecule has 0 amide bonds. The van der Waals surface area contributed by atoms with Crippen LogP contribution in [0.5, 0.6) is 11.5 Å². The summed E-state index contributed by atoms with van der Waals surface area (Å²) in [7, 11) is -3.14. The zero-order valence-corrected chi connectivity index (χ0v) is 33.7. The molecule has 260 valence electrons. The van der Waals surface area contributed by atoms with E-state index < -0.39 is 15.7 Å². The van der Waals surface area contributed by atoms with Gasteiger partial charge < -0.3 is 9.30 Å². The molecule has 1 aliphatic heterocycles. The van der Waals surface area contributed by atoms with Crippen molar-refractivity contribution in [2.75, 3.05) is 0 Å². The van der Waals surface area contributed by atoms with Gasteiger partial charge in [-0.2, -0.15) is 0 Å². The molecule has 1 fully saturated rings. The maximum absolute atomic E-state index is 15.3. The number of hydrogen-bond acceptors (Lipinski definition) is 2. The van der Waals surface area contributed by atoms with Crippen LogP contribution < -0.4 is 26.0 Å². The van der Waals surface area contributed by atoms with Crippen LogP contribution in [0.15, 0.2) is 84.9 Å². The molecule has 2 unspecified atom stereocenters. The van der Waals surface area contributed by atoms with E-state index in [1.807, 2.05) is 0 Å². The fourth-order valence-electron chi connectivity index (χ4n) is 8.14. The first-order valence-electron chi connectivity index (χ1n) is 18.5. The van der Waals surface area contributed by atoms with Gasteiger partial charge in [-0.05, 0) is 83.2 Å². The standard InChI is InChI=1S/C45H58O2P2/c1-29(2)35-23-22-30(3)24-38(35)49(46)40-28-32(44(7,8)9)26-37-42(40)47-41-36(45(37,10)11)25-31(43(4,5)6)27-39(41)48(33-18-14-12-15-19-33)34-20-16-13-17-21-34/h12-21,25-30,35,38,49H,22-24H2,1-11H3/t30-,35+,38?/m1/s1. The molecular formula is C45H58O2P2. The van der Waals surface area contributed by atoms with Gasteiger partial charge in [-0.3, -0.25) is 0 Å². The largest absolute Gasteiger partial charge is 0.455 e. The molecule has 0 saturated heterocycles. The van der Waals surface area contributed by atoms with E-state index in [0.717, 1.165) is 29.6 Å². The monoisotopic (exact) mass is 692 g/mol. The summed E-state index contributed by atoms with van der Waals surface area (Å²) in [4.78, 5) is 0. The lowest BCUT2D eigenvalue weighted by molar-refractivity contribution is 0.239. The molecule has 4 heteroatoms. The second-order valence-electron chi connectivity index (χ2n) is 17.8. The SMILES string of the molecule is CC(C)[C@@H]1CC[C@@H](C)CC1[PH](=O)c1cc(C(C)(C)C)cc2c1Oc1c(P(c3ccccc3)c3ccccc3)cc(C(C)(C)C)cc1C2(C)C. The maximum Gasteiger partial charge on any atom is 0.142 e. The summed E-state index contributed by atoms with van der Waals surface area (Å²) in [6.45, 7) is 25.5. The molecule has 2 nitrogen and oxygen atoms in total. The van der Waals surface area contributed by atoms with E-state index in [0.29, 0.717) is 17.8 Å². The molecule has 2 aliphatic rings. The second kappa shape index (κ2) is 13.5. The highest BCUT2D eigenvalue weighted by Crippen LogP contribution is 2.55. The van der Waals surface area contributed by atoms with Crippen LogP contribution in [0.3, 0.4) is 0 Å². The van der Waals surface area contributed by atoms with Gasteiger partial charge in [0.15, 0.2) is 0 Å². The maximum atomic E-state index is 15.3. The van der Waals surface area contributed by atoms with Crippen LogP contribution >= 0.6 is 15.7 Å². The lowest BCUT2D eigenvalue weighted by Gasteiger charge is -2.41. The summed E-state index contributed by atoms with van der Waals surface area (Å²) in [6.07, 6.45) is 3.42. The molecule has 4 aromatic carbocycles. The van der Waals surface area contributed by atoms with Crippen molar-refractivity contribution in [1.82, 2.24) is 0 Å². The minimum absolute atomic E-state index is 0.0539. The zero-order chi connectivity index (χ0) is 35.5. The van der Waals surface area contributed by atoms with Crippen molar-refractivity contribution in [3.8, 4) is 11.5 Å². The van der Waals surface area contributed by atoms with Gasteiger partial charge in [0.1, 0.15) is 19.3 Å². The molecule has 49 heavy (non-hydrogen) atoms. The highest BCUT2D eigenvalue weighted by Gasteiger charge is 2.43. The van der Waals surface area contributed by atoms with E-state index in [1.54, 1.807) is 0 Å². The molecule has 0 bridgehead atoms. The molecule has 0 N–H and O–H groups in total. The molecule has 0 radical (unpaired) electrons. The Balaban J connectivity index is 1.64. The molecular weight excluding hydrogens is 634 g/mol. The van der Waals surface area contributed by atoms with Crippen LogP contribution in [-0.2, 0) is 20.8 Å². The Kier molecular flexibility index (Phi) is 9.94. The van der Waals surface area contributed by atoms with Crippen LogP contribution in [0.25, 0.3) is 0 Å². The summed E-state index contributed by atoms with van der Waals surface area (Å²) in [5.74, 6) is 3.39. The van der Waals surface area contributed by atoms with Crippen LogP contribution in [0.4, 0.5) is 0 Å². The molecule has 1 heterocycles. The third-order valence-electron chi connectivity index (χ3n) is 11.3. The number of hydrogen-bond donors (Lipinski definition) is 0.